The predicted octanol–water partition coefficient (Wildman–Crippen LogP) is 1.12. The van der Waals surface area contributed by atoms with Crippen molar-refractivity contribution in [1.29, 1.82) is 0 Å². The molecule has 3 heterocycles. The maximum atomic E-state index is 10.4. The minimum atomic E-state index is -0.287. The van der Waals surface area contributed by atoms with Crippen molar-refractivity contribution in [1.82, 2.24) is 19.6 Å². The van der Waals surface area contributed by atoms with Crippen LogP contribution in [0.25, 0.3) is 0 Å². The topological polar surface area (TPSA) is 57.7 Å². The van der Waals surface area contributed by atoms with Crippen molar-refractivity contribution >= 4 is 0 Å². The van der Waals surface area contributed by atoms with Crippen molar-refractivity contribution in [2.24, 2.45) is 7.05 Å². The number of nitrogens with zero attached hydrogens (tertiary/aromatic N) is 4. The Hall–Kier alpha value is -1.63. The van der Waals surface area contributed by atoms with E-state index in [0.717, 1.165) is 44.6 Å². The summed E-state index contributed by atoms with van der Waals surface area (Å²) in [4.78, 5) is 4.58. The van der Waals surface area contributed by atoms with Gasteiger partial charge in [-0.1, -0.05) is 0 Å². The zero-order chi connectivity index (χ0) is 16.2. The molecule has 0 bridgehead atoms. The fourth-order valence-corrected chi connectivity index (χ4v) is 3.35. The molecule has 0 aliphatic carbocycles. The highest BCUT2D eigenvalue weighted by Crippen LogP contribution is 2.18. The van der Waals surface area contributed by atoms with E-state index < -0.39 is 0 Å². The summed E-state index contributed by atoms with van der Waals surface area (Å²) < 4.78 is 6.96. The third kappa shape index (κ3) is 4.22. The van der Waals surface area contributed by atoms with Crippen LogP contribution in [0.4, 0.5) is 0 Å². The number of hydrogen-bond acceptors (Lipinski definition) is 5. The largest absolute Gasteiger partial charge is 0.472 e. The van der Waals surface area contributed by atoms with Crippen molar-refractivity contribution in [2.45, 2.75) is 31.5 Å². The SMILES string of the molecule is CN(CCCc1cnn(C)c1)[C@H]1CN(Cc2ccoc2)C[C@@H]1O. The Balaban J connectivity index is 1.44. The van der Waals surface area contributed by atoms with Gasteiger partial charge in [0.05, 0.1) is 24.8 Å². The first-order valence-corrected chi connectivity index (χ1v) is 8.21. The molecule has 3 rings (SSSR count). The van der Waals surface area contributed by atoms with Gasteiger partial charge in [-0.25, -0.2) is 0 Å². The smallest absolute Gasteiger partial charge is 0.0947 e. The van der Waals surface area contributed by atoms with Gasteiger partial charge >= 0.3 is 0 Å². The summed E-state index contributed by atoms with van der Waals surface area (Å²) in [6, 6.07) is 2.19. The third-order valence-electron chi connectivity index (χ3n) is 4.62. The Morgan fingerprint density at radius 3 is 2.96 bits per heavy atom. The number of likely N-dealkylation sites (tertiary alicyclic amines) is 1. The quantitative estimate of drug-likeness (QED) is 0.829. The maximum absolute atomic E-state index is 10.4. The van der Waals surface area contributed by atoms with Crippen molar-refractivity contribution in [2.75, 3.05) is 26.7 Å². The third-order valence-corrected chi connectivity index (χ3v) is 4.62. The standard InChI is InChI=1S/C17H26N4O2/c1-19(6-3-4-14-8-18-20(2)9-14)16-11-21(12-17(16)22)10-15-5-7-23-13-15/h5,7-9,13,16-17,22H,3-4,6,10-12H2,1-2H3/t16-,17-/m0/s1. The molecule has 23 heavy (non-hydrogen) atoms. The van der Waals surface area contributed by atoms with Gasteiger partial charge in [-0.05, 0) is 38.1 Å². The van der Waals surface area contributed by atoms with Crippen LogP contribution in [-0.2, 0) is 20.0 Å². The lowest BCUT2D eigenvalue weighted by molar-refractivity contribution is 0.0981. The van der Waals surface area contributed by atoms with E-state index in [1.807, 2.05) is 24.0 Å². The van der Waals surface area contributed by atoms with Gasteiger partial charge in [0.2, 0.25) is 0 Å². The molecule has 0 amide bonds. The van der Waals surface area contributed by atoms with E-state index in [1.54, 1.807) is 12.5 Å². The van der Waals surface area contributed by atoms with Crippen LogP contribution in [-0.4, -0.2) is 63.5 Å². The second-order valence-electron chi connectivity index (χ2n) is 6.57. The second kappa shape index (κ2) is 7.29. The number of rotatable bonds is 7. The normalized spacial score (nSPS) is 22.3. The molecular formula is C17H26N4O2. The van der Waals surface area contributed by atoms with Gasteiger partial charge in [0.25, 0.3) is 0 Å². The minimum Gasteiger partial charge on any atom is -0.472 e. The first-order chi connectivity index (χ1) is 11.1. The zero-order valence-electron chi connectivity index (χ0n) is 13.9. The summed E-state index contributed by atoms with van der Waals surface area (Å²) in [6.45, 7) is 3.45. The lowest BCUT2D eigenvalue weighted by atomic mass is 10.1. The average Bonchev–Trinajstić information content (AvgIpc) is 3.22. The molecule has 1 saturated heterocycles. The van der Waals surface area contributed by atoms with Gasteiger partial charge in [0, 0.05) is 44.5 Å². The molecule has 0 unspecified atom stereocenters. The van der Waals surface area contributed by atoms with E-state index in [-0.39, 0.29) is 12.1 Å². The van der Waals surface area contributed by atoms with Gasteiger partial charge < -0.3 is 9.52 Å². The highest BCUT2D eigenvalue weighted by molar-refractivity contribution is 5.06. The number of likely N-dealkylation sites (N-methyl/N-ethyl adjacent to an activating group) is 1. The number of aromatic nitrogens is 2. The van der Waals surface area contributed by atoms with Crippen LogP contribution in [0.2, 0.25) is 0 Å². The summed E-state index contributed by atoms with van der Waals surface area (Å²) in [5.41, 5.74) is 2.44. The maximum Gasteiger partial charge on any atom is 0.0947 e. The number of β-amino-alcohol motifs (C(OH)–C–C–N with tert-alkyl or cyclic N) is 1. The molecule has 2 atom stereocenters. The number of aryl methyl sites for hydroxylation is 2. The van der Waals surface area contributed by atoms with Crippen LogP contribution in [0.15, 0.2) is 35.4 Å². The van der Waals surface area contributed by atoms with E-state index >= 15 is 0 Å². The van der Waals surface area contributed by atoms with Crippen LogP contribution in [0.3, 0.4) is 0 Å². The summed E-state index contributed by atoms with van der Waals surface area (Å²) in [7, 11) is 4.05. The Morgan fingerprint density at radius 2 is 2.26 bits per heavy atom. The fraction of sp³-hybridized carbons (Fsp3) is 0.588. The molecule has 0 saturated carbocycles. The Morgan fingerprint density at radius 1 is 1.39 bits per heavy atom. The van der Waals surface area contributed by atoms with E-state index in [0.29, 0.717) is 0 Å². The first-order valence-electron chi connectivity index (χ1n) is 8.21. The molecule has 6 nitrogen and oxygen atoms in total. The van der Waals surface area contributed by atoms with Crippen molar-refractivity contribution in [3.8, 4) is 0 Å². The van der Waals surface area contributed by atoms with Gasteiger partial charge in [-0.3, -0.25) is 14.5 Å². The first kappa shape index (κ1) is 16.2. The monoisotopic (exact) mass is 318 g/mol. The predicted molar refractivity (Wildman–Crippen MR) is 87.9 cm³/mol. The number of furan rings is 1. The van der Waals surface area contributed by atoms with Gasteiger partial charge in [-0.15, -0.1) is 0 Å². The number of aliphatic hydroxyl groups is 1. The van der Waals surface area contributed by atoms with Crippen LogP contribution in [0.1, 0.15) is 17.5 Å². The minimum absolute atomic E-state index is 0.204. The van der Waals surface area contributed by atoms with E-state index in [9.17, 15) is 5.11 Å². The summed E-state index contributed by atoms with van der Waals surface area (Å²) in [5, 5.41) is 14.6. The molecule has 0 spiro atoms. The highest BCUT2D eigenvalue weighted by atomic mass is 16.3. The summed E-state index contributed by atoms with van der Waals surface area (Å²) in [6.07, 6.45) is 9.28. The number of hydrogen-bond donors (Lipinski definition) is 1. The zero-order valence-corrected chi connectivity index (χ0v) is 13.9. The lowest BCUT2D eigenvalue weighted by Crippen LogP contribution is -2.41. The molecule has 126 valence electrons. The Kier molecular flexibility index (Phi) is 5.15. The van der Waals surface area contributed by atoms with Crippen LogP contribution in [0.5, 0.6) is 0 Å². The molecule has 0 aromatic carbocycles. The molecular weight excluding hydrogens is 292 g/mol. The van der Waals surface area contributed by atoms with Gasteiger partial charge in [0.1, 0.15) is 0 Å². The molecule has 2 aromatic heterocycles. The van der Waals surface area contributed by atoms with E-state index in [2.05, 4.69) is 28.1 Å². The Labute approximate surface area is 137 Å². The van der Waals surface area contributed by atoms with Crippen molar-refractivity contribution < 1.29 is 9.52 Å². The van der Waals surface area contributed by atoms with Crippen LogP contribution in [0, 0.1) is 0 Å². The molecule has 6 heteroatoms. The Bertz CT molecular complexity index is 596. The molecule has 1 N–H and O–H groups in total. The van der Waals surface area contributed by atoms with Crippen LogP contribution >= 0.6 is 0 Å². The van der Waals surface area contributed by atoms with Gasteiger partial charge in [0.15, 0.2) is 0 Å². The molecule has 1 aliphatic rings. The highest BCUT2D eigenvalue weighted by Gasteiger charge is 2.33. The average molecular weight is 318 g/mol. The summed E-state index contributed by atoms with van der Waals surface area (Å²) >= 11 is 0. The molecule has 1 fully saturated rings. The second-order valence-corrected chi connectivity index (χ2v) is 6.57. The molecule has 1 aliphatic heterocycles. The van der Waals surface area contributed by atoms with E-state index in [1.165, 1.54) is 5.56 Å². The summed E-state index contributed by atoms with van der Waals surface area (Å²) in [5.74, 6) is 0. The lowest BCUT2D eigenvalue weighted by Gasteiger charge is -2.26. The van der Waals surface area contributed by atoms with E-state index in [4.69, 9.17) is 4.42 Å². The molecule has 2 aromatic rings. The van der Waals surface area contributed by atoms with Crippen molar-refractivity contribution in [3.05, 3.63) is 42.1 Å². The number of aliphatic hydroxyl groups excluding tert-OH is 1. The fourth-order valence-electron chi connectivity index (χ4n) is 3.35. The van der Waals surface area contributed by atoms with Crippen molar-refractivity contribution in [3.63, 3.8) is 0 Å². The van der Waals surface area contributed by atoms with Crippen LogP contribution < -0.4 is 0 Å². The van der Waals surface area contributed by atoms with Gasteiger partial charge in [-0.2, -0.15) is 5.10 Å². The molecule has 0 radical (unpaired) electrons.